The SMILES string of the molecule is Nc1ccc(C(=O)NC2CCC(CO)CC2)cn1. The van der Waals surface area contributed by atoms with Crippen molar-refractivity contribution >= 4 is 11.7 Å². The van der Waals surface area contributed by atoms with Gasteiger partial charge in [-0.1, -0.05) is 0 Å². The summed E-state index contributed by atoms with van der Waals surface area (Å²) in [5.74, 6) is 0.710. The summed E-state index contributed by atoms with van der Waals surface area (Å²) in [7, 11) is 0. The molecule has 0 unspecified atom stereocenters. The molecule has 1 saturated carbocycles. The van der Waals surface area contributed by atoms with Crippen LogP contribution in [0.1, 0.15) is 36.0 Å². The van der Waals surface area contributed by atoms with E-state index in [1.807, 2.05) is 0 Å². The molecule has 5 heteroatoms. The Bertz CT molecular complexity index is 397. The van der Waals surface area contributed by atoms with E-state index < -0.39 is 0 Å². The number of amides is 1. The van der Waals surface area contributed by atoms with Gasteiger partial charge in [-0.25, -0.2) is 4.98 Å². The summed E-state index contributed by atoms with van der Waals surface area (Å²) in [5, 5.41) is 12.1. The molecule has 1 heterocycles. The number of aromatic nitrogens is 1. The van der Waals surface area contributed by atoms with Crippen LogP contribution in [0.4, 0.5) is 5.82 Å². The van der Waals surface area contributed by atoms with Crippen molar-refractivity contribution in [2.75, 3.05) is 12.3 Å². The molecule has 1 amide bonds. The lowest BCUT2D eigenvalue weighted by Crippen LogP contribution is -2.38. The number of anilines is 1. The van der Waals surface area contributed by atoms with Crippen LogP contribution in [0.15, 0.2) is 18.3 Å². The molecule has 5 nitrogen and oxygen atoms in total. The number of aliphatic hydroxyl groups is 1. The van der Waals surface area contributed by atoms with E-state index >= 15 is 0 Å². The zero-order valence-electron chi connectivity index (χ0n) is 10.3. The number of nitrogen functional groups attached to an aromatic ring is 1. The fourth-order valence-electron chi connectivity index (χ4n) is 2.30. The van der Waals surface area contributed by atoms with Crippen LogP contribution in [0.5, 0.6) is 0 Å². The minimum atomic E-state index is -0.102. The van der Waals surface area contributed by atoms with Gasteiger partial charge in [0, 0.05) is 18.8 Å². The van der Waals surface area contributed by atoms with E-state index in [-0.39, 0.29) is 18.6 Å². The Morgan fingerprint density at radius 3 is 2.67 bits per heavy atom. The number of carbonyl (C=O) groups excluding carboxylic acids is 1. The van der Waals surface area contributed by atoms with Crippen molar-refractivity contribution in [2.24, 2.45) is 5.92 Å². The molecule has 0 saturated heterocycles. The first kappa shape index (κ1) is 12.8. The van der Waals surface area contributed by atoms with E-state index in [4.69, 9.17) is 10.8 Å². The number of aliphatic hydroxyl groups excluding tert-OH is 1. The summed E-state index contributed by atoms with van der Waals surface area (Å²) in [5.41, 5.74) is 6.01. The van der Waals surface area contributed by atoms with Gasteiger partial charge in [0.05, 0.1) is 5.56 Å². The highest BCUT2D eigenvalue weighted by atomic mass is 16.3. The normalized spacial score (nSPS) is 23.6. The number of hydrogen-bond donors (Lipinski definition) is 3. The van der Waals surface area contributed by atoms with E-state index in [9.17, 15) is 4.79 Å². The van der Waals surface area contributed by atoms with Crippen molar-refractivity contribution in [3.8, 4) is 0 Å². The molecule has 98 valence electrons. The van der Waals surface area contributed by atoms with Crippen molar-refractivity contribution < 1.29 is 9.90 Å². The fraction of sp³-hybridized carbons (Fsp3) is 0.538. The molecule has 1 fully saturated rings. The van der Waals surface area contributed by atoms with Crippen LogP contribution >= 0.6 is 0 Å². The van der Waals surface area contributed by atoms with Gasteiger partial charge < -0.3 is 16.2 Å². The second-order valence-corrected chi connectivity index (χ2v) is 4.85. The Balaban J connectivity index is 1.86. The van der Waals surface area contributed by atoms with Crippen molar-refractivity contribution in [3.63, 3.8) is 0 Å². The molecule has 0 bridgehead atoms. The van der Waals surface area contributed by atoms with E-state index in [1.165, 1.54) is 6.20 Å². The topological polar surface area (TPSA) is 88.2 Å². The predicted octanol–water partition coefficient (Wildman–Crippen LogP) is 0.945. The van der Waals surface area contributed by atoms with Crippen LogP contribution in [-0.2, 0) is 0 Å². The maximum absolute atomic E-state index is 11.9. The maximum Gasteiger partial charge on any atom is 0.253 e. The minimum absolute atomic E-state index is 0.102. The number of hydrogen-bond acceptors (Lipinski definition) is 4. The smallest absolute Gasteiger partial charge is 0.253 e. The summed E-state index contributed by atoms with van der Waals surface area (Å²) < 4.78 is 0. The third kappa shape index (κ3) is 3.20. The largest absolute Gasteiger partial charge is 0.396 e. The second kappa shape index (κ2) is 5.82. The fourth-order valence-corrected chi connectivity index (χ4v) is 2.30. The van der Waals surface area contributed by atoms with E-state index in [1.54, 1.807) is 12.1 Å². The summed E-state index contributed by atoms with van der Waals surface area (Å²) in [6.45, 7) is 0.253. The standard InChI is InChI=1S/C13H19N3O2/c14-12-6-3-10(7-15-12)13(18)16-11-4-1-9(8-17)2-5-11/h3,6-7,9,11,17H,1-2,4-5,8H2,(H2,14,15)(H,16,18). The first-order chi connectivity index (χ1) is 8.69. The molecule has 0 aliphatic heterocycles. The molecule has 0 spiro atoms. The second-order valence-electron chi connectivity index (χ2n) is 4.85. The van der Waals surface area contributed by atoms with E-state index in [0.717, 1.165) is 25.7 Å². The minimum Gasteiger partial charge on any atom is -0.396 e. The summed E-state index contributed by atoms with van der Waals surface area (Å²) in [6, 6.07) is 3.51. The third-order valence-electron chi connectivity index (χ3n) is 3.49. The first-order valence-electron chi connectivity index (χ1n) is 6.32. The highest BCUT2D eigenvalue weighted by Gasteiger charge is 2.22. The highest BCUT2D eigenvalue weighted by molar-refractivity contribution is 5.94. The van der Waals surface area contributed by atoms with E-state index in [2.05, 4.69) is 10.3 Å². The van der Waals surface area contributed by atoms with Gasteiger partial charge in [-0.05, 0) is 43.7 Å². The number of carbonyl (C=O) groups is 1. The zero-order chi connectivity index (χ0) is 13.0. The van der Waals surface area contributed by atoms with Crippen molar-refractivity contribution in [1.29, 1.82) is 0 Å². The first-order valence-corrected chi connectivity index (χ1v) is 6.32. The number of nitrogens with one attached hydrogen (secondary N) is 1. The van der Waals surface area contributed by atoms with Gasteiger partial charge in [-0.15, -0.1) is 0 Å². The van der Waals surface area contributed by atoms with Gasteiger partial charge in [0.15, 0.2) is 0 Å². The lowest BCUT2D eigenvalue weighted by atomic mass is 9.86. The summed E-state index contributed by atoms with van der Waals surface area (Å²) in [4.78, 5) is 15.8. The van der Waals surface area contributed by atoms with Crippen LogP contribution < -0.4 is 11.1 Å². The molecule has 2 rings (SSSR count). The lowest BCUT2D eigenvalue weighted by molar-refractivity contribution is 0.0913. The Kier molecular flexibility index (Phi) is 4.15. The number of nitrogens with two attached hydrogens (primary N) is 1. The van der Waals surface area contributed by atoms with Crippen molar-refractivity contribution in [1.82, 2.24) is 10.3 Å². The Labute approximate surface area is 106 Å². The van der Waals surface area contributed by atoms with Gasteiger partial charge in [-0.2, -0.15) is 0 Å². The monoisotopic (exact) mass is 249 g/mol. The van der Waals surface area contributed by atoms with Crippen LogP contribution in [0, 0.1) is 5.92 Å². The van der Waals surface area contributed by atoms with Crippen molar-refractivity contribution in [2.45, 2.75) is 31.7 Å². The van der Waals surface area contributed by atoms with Gasteiger partial charge in [0.25, 0.3) is 5.91 Å². The molecule has 0 atom stereocenters. The Morgan fingerprint density at radius 1 is 1.39 bits per heavy atom. The van der Waals surface area contributed by atoms with E-state index in [0.29, 0.717) is 17.3 Å². The highest BCUT2D eigenvalue weighted by Crippen LogP contribution is 2.23. The molecule has 1 aromatic rings. The Morgan fingerprint density at radius 2 is 2.11 bits per heavy atom. The number of nitrogens with zero attached hydrogens (tertiary/aromatic N) is 1. The Hall–Kier alpha value is -1.62. The third-order valence-corrected chi connectivity index (χ3v) is 3.49. The average Bonchev–Trinajstić information content (AvgIpc) is 2.40. The molecule has 0 radical (unpaired) electrons. The molecular formula is C13H19N3O2. The predicted molar refractivity (Wildman–Crippen MR) is 68.9 cm³/mol. The number of pyridine rings is 1. The average molecular weight is 249 g/mol. The van der Waals surface area contributed by atoms with Crippen LogP contribution in [0.2, 0.25) is 0 Å². The van der Waals surface area contributed by atoms with Gasteiger partial charge in [0.2, 0.25) is 0 Å². The molecular weight excluding hydrogens is 230 g/mol. The van der Waals surface area contributed by atoms with Crippen LogP contribution in [-0.4, -0.2) is 28.6 Å². The molecule has 18 heavy (non-hydrogen) atoms. The number of rotatable bonds is 3. The lowest BCUT2D eigenvalue weighted by Gasteiger charge is -2.27. The van der Waals surface area contributed by atoms with Gasteiger partial charge in [0.1, 0.15) is 5.82 Å². The van der Waals surface area contributed by atoms with Crippen molar-refractivity contribution in [3.05, 3.63) is 23.9 Å². The van der Waals surface area contributed by atoms with Gasteiger partial charge >= 0.3 is 0 Å². The zero-order valence-corrected chi connectivity index (χ0v) is 10.3. The molecule has 0 aromatic carbocycles. The molecule has 1 aromatic heterocycles. The molecule has 1 aliphatic carbocycles. The quantitative estimate of drug-likeness (QED) is 0.744. The molecule has 4 N–H and O–H groups in total. The summed E-state index contributed by atoms with van der Waals surface area (Å²) in [6.07, 6.45) is 5.30. The van der Waals surface area contributed by atoms with Gasteiger partial charge in [-0.3, -0.25) is 4.79 Å². The maximum atomic E-state index is 11.9. The van der Waals surface area contributed by atoms with Crippen LogP contribution in [0.3, 0.4) is 0 Å². The summed E-state index contributed by atoms with van der Waals surface area (Å²) >= 11 is 0. The van der Waals surface area contributed by atoms with Crippen LogP contribution in [0.25, 0.3) is 0 Å². The molecule has 1 aliphatic rings.